The fraction of sp³-hybridized carbons (Fsp3) is 0.500. The molecule has 6 nitrogen and oxygen atoms in total. The van der Waals surface area contributed by atoms with Crippen LogP contribution in [0.4, 0.5) is 13.2 Å². The van der Waals surface area contributed by atoms with Gasteiger partial charge in [0.05, 0.1) is 30.9 Å². The normalized spacial score (nSPS) is 25.1. The summed E-state index contributed by atoms with van der Waals surface area (Å²) in [5.74, 6) is -2.23. The molecule has 1 saturated carbocycles. The number of piperidine rings is 1. The summed E-state index contributed by atoms with van der Waals surface area (Å²) in [6, 6.07) is 15.7. The maximum atomic E-state index is 13.6. The summed E-state index contributed by atoms with van der Waals surface area (Å²) in [6.07, 6.45) is -2.67. The topological polar surface area (TPSA) is 59.1 Å². The van der Waals surface area contributed by atoms with Crippen LogP contribution in [0.1, 0.15) is 53.1 Å². The molecule has 1 spiro atoms. The summed E-state index contributed by atoms with van der Waals surface area (Å²) in [4.78, 5) is 27.9. The lowest BCUT2D eigenvalue weighted by Crippen LogP contribution is -2.50. The van der Waals surface area contributed by atoms with E-state index in [1.165, 1.54) is 7.11 Å². The van der Waals surface area contributed by atoms with Crippen molar-refractivity contribution in [2.24, 2.45) is 0 Å². The van der Waals surface area contributed by atoms with Gasteiger partial charge in [0.15, 0.2) is 0 Å². The average Bonchev–Trinajstić information content (AvgIpc) is 3.58. The molecule has 3 fully saturated rings. The van der Waals surface area contributed by atoms with Gasteiger partial charge in [-0.25, -0.2) is 4.79 Å². The monoisotopic (exact) mass is 516 g/mol. The number of hydrogen-bond donors (Lipinski definition) is 0. The summed E-state index contributed by atoms with van der Waals surface area (Å²) in [6.45, 7) is 2.06. The molecule has 1 unspecified atom stereocenters. The second-order valence-corrected chi connectivity index (χ2v) is 10.3. The van der Waals surface area contributed by atoms with Crippen LogP contribution < -0.4 is 0 Å². The van der Waals surface area contributed by atoms with Crippen LogP contribution in [-0.4, -0.2) is 72.3 Å². The van der Waals surface area contributed by atoms with Gasteiger partial charge in [-0.3, -0.25) is 9.69 Å². The molecule has 0 radical (unpaired) electrons. The van der Waals surface area contributed by atoms with E-state index in [0.717, 1.165) is 16.0 Å². The second kappa shape index (κ2) is 10.1. The number of rotatable bonds is 6. The van der Waals surface area contributed by atoms with E-state index in [0.29, 0.717) is 50.9 Å². The van der Waals surface area contributed by atoms with E-state index in [4.69, 9.17) is 9.47 Å². The fourth-order valence-corrected chi connectivity index (χ4v) is 5.96. The van der Waals surface area contributed by atoms with Crippen molar-refractivity contribution >= 4 is 11.9 Å². The van der Waals surface area contributed by atoms with Crippen molar-refractivity contribution in [3.8, 4) is 0 Å². The Kier molecular flexibility index (Phi) is 7.02. The highest BCUT2D eigenvalue weighted by Crippen LogP contribution is 2.49. The Bertz CT molecular complexity index is 1130. The molecule has 2 saturated heterocycles. The van der Waals surface area contributed by atoms with E-state index in [9.17, 15) is 22.8 Å². The van der Waals surface area contributed by atoms with Gasteiger partial charge in [0.2, 0.25) is 0 Å². The van der Waals surface area contributed by atoms with Crippen molar-refractivity contribution in [3.05, 3.63) is 71.3 Å². The van der Waals surface area contributed by atoms with E-state index < -0.39 is 29.8 Å². The number of carbonyl (C=O) groups is 2. The minimum absolute atomic E-state index is 0.0826. The summed E-state index contributed by atoms with van der Waals surface area (Å²) in [5.41, 5.74) is 1.82. The zero-order valence-electron chi connectivity index (χ0n) is 20.7. The molecule has 3 atom stereocenters. The van der Waals surface area contributed by atoms with Crippen molar-refractivity contribution in [1.82, 2.24) is 9.80 Å². The van der Waals surface area contributed by atoms with Gasteiger partial charge in [0.25, 0.3) is 0 Å². The second-order valence-electron chi connectivity index (χ2n) is 10.3. The first kappa shape index (κ1) is 25.7. The lowest BCUT2D eigenvalue weighted by molar-refractivity contribution is -0.188. The van der Waals surface area contributed by atoms with Crippen molar-refractivity contribution < 1.29 is 32.2 Å². The van der Waals surface area contributed by atoms with Crippen LogP contribution in [0.25, 0.3) is 0 Å². The number of nitrogens with zero attached hydrogens (tertiary/aromatic N) is 2. The highest BCUT2D eigenvalue weighted by molar-refractivity contribution is 5.91. The van der Waals surface area contributed by atoms with Gasteiger partial charge in [-0.2, -0.15) is 13.2 Å². The minimum atomic E-state index is -4.92. The van der Waals surface area contributed by atoms with Gasteiger partial charge < -0.3 is 14.4 Å². The number of likely N-dealkylation sites (tertiary alicyclic amines) is 1. The Morgan fingerprint density at radius 1 is 1.08 bits per heavy atom. The zero-order chi connectivity index (χ0) is 26.2. The summed E-state index contributed by atoms with van der Waals surface area (Å²) >= 11 is 0. The van der Waals surface area contributed by atoms with E-state index in [2.05, 4.69) is 4.90 Å². The number of halogens is 3. The van der Waals surface area contributed by atoms with Crippen molar-refractivity contribution in [2.45, 2.75) is 62.0 Å². The lowest BCUT2D eigenvalue weighted by atomic mass is 9.86. The predicted molar refractivity (Wildman–Crippen MR) is 130 cm³/mol. The third kappa shape index (κ3) is 5.38. The fourth-order valence-electron chi connectivity index (χ4n) is 5.96. The van der Waals surface area contributed by atoms with Gasteiger partial charge in [0, 0.05) is 31.6 Å². The van der Waals surface area contributed by atoms with E-state index >= 15 is 0 Å². The van der Waals surface area contributed by atoms with Gasteiger partial charge >= 0.3 is 18.1 Å². The van der Waals surface area contributed by atoms with Crippen LogP contribution in [-0.2, 0) is 20.8 Å². The molecule has 1 aliphatic carbocycles. The minimum Gasteiger partial charge on any atom is -0.465 e. The summed E-state index contributed by atoms with van der Waals surface area (Å²) in [5, 5.41) is 0. The molecule has 0 aromatic heterocycles. The molecule has 2 aromatic carbocycles. The molecular formula is C28H31F3N2O4. The third-order valence-electron chi connectivity index (χ3n) is 7.99. The van der Waals surface area contributed by atoms with Gasteiger partial charge in [0.1, 0.15) is 0 Å². The summed E-state index contributed by atoms with van der Waals surface area (Å²) < 4.78 is 51.9. The molecule has 0 N–H and O–H groups in total. The smallest absolute Gasteiger partial charge is 0.465 e. The molecular weight excluding hydrogens is 485 g/mol. The highest BCUT2D eigenvalue weighted by atomic mass is 19.4. The molecule has 3 aliphatic rings. The largest absolute Gasteiger partial charge is 0.471 e. The third-order valence-corrected chi connectivity index (χ3v) is 7.99. The number of alkyl halides is 3. The van der Waals surface area contributed by atoms with E-state index in [1.54, 1.807) is 12.1 Å². The standard InChI is InChI=1S/C28H31F3N2O4/c1-36-25(34)22-10-6-5-9-20(22)17-32-13-11-27(12-14-32)16-21(18-37-27)33(26(35)28(29,30)31)24-15-23(24)19-7-3-2-4-8-19/h2-10,21,23-24H,11-18H2,1H3/t21?,23-,24+/m0/s1. The highest BCUT2D eigenvalue weighted by Gasteiger charge is 2.57. The maximum Gasteiger partial charge on any atom is 0.471 e. The number of amides is 1. The molecule has 1 amide bonds. The first-order chi connectivity index (χ1) is 17.7. The Morgan fingerprint density at radius 2 is 1.76 bits per heavy atom. The number of hydrogen-bond acceptors (Lipinski definition) is 5. The quantitative estimate of drug-likeness (QED) is 0.528. The van der Waals surface area contributed by atoms with E-state index in [-0.39, 0.29) is 18.5 Å². The lowest BCUT2D eigenvalue weighted by Gasteiger charge is -2.39. The molecule has 2 aliphatic heterocycles. The van der Waals surface area contributed by atoms with Crippen molar-refractivity contribution in [3.63, 3.8) is 0 Å². The van der Waals surface area contributed by atoms with E-state index in [1.807, 2.05) is 42.5 Å². The van der Waals surface area contributed by atoms with Crippen LogP contribution in [0.3, 0.4) is 0 Å². The SMILES string of the molecule is COC(=O)c1ccccc1CN1CCC2(CC1)CC(N(C(=O)C(F)(F)F)[C@@H]1C[C@H]1c1ccccc1)CO2. The van der Waals surface area contributed by atoms with Crippen LogP contribution in [0.5, 0.6) is 0 Å². The summed E-state index contributed by atoms with van der Waals surface area (Å²) in [7, 11) is 1.36. The van der Waals surface area contributed by atoms with Gasteiger partial charge in [-0.15, -0.1) is 0 Å². The number of benzene rings is 2. The van der Waals surface area contributed by atoms with Gasteiger partial charge in [-0.1, -0.05) is 48.5 Å². The molecule has 5 rings (SSSR count). The molecule has 2 heterocycles. The number of carbonyl (C=O) groups excluding carboxylic acids is 2. The number of methoxy groups -OCH3 is 1. The molecule has 2 aromatic rings. The maximum absolute atomic E-state index is 13.6. The van der Waals surface area contributed by atoms with Crippen LogP contribution in [0, 0.1) is 0 Å². The molecule has 0 bridgehead atoms. The first-order valence-corrected chi connectivity index (χ1v) is 12.7. The predicted octanol–water partition coefficient (Wildman–Crippen LogP) is 4.54. The molecule has 37 heavy (non-hydrogen) atoms. The van der Waals surface area contributed by atoms with Crippen molar-refractivity contribution in [2.75, 3.05) is 26.8 Å². The van der Waals surface area contributed by atoms with Crippen molar-refractivity contribution in [1.29, 1.82) is 0 Å². The zero-order valence-corrected chi connectivity index (χ0v) is 20.7. The molecule has 198 valence electrons. The first-order valence-electron chi connectivity index (χ1n) is 12.7. The average molecular weight is 517 g/mol. The Hall–Kier alpha value is -2.91. The number of ether oxygens (including phenoxy) is 2. The van der Waals surface area contributed by atoms with Gasteiger partial charge in [-0.05, 0) is 42.9 Å². The number of esters is 1. The Balaban J connectivity index is 1.24. The van der Waals surface area contributed by atoms with Crippen LogP contribution >= 0.6 is 0 Å². The Morgan fingerprint density at radius 3 is 2.43 bits per heavy atom. The molecule has 9 heteroatoms. The Labute approximate surface area is 214 Å². The van der Waals surface area contributed by atoms with Crippen LogP contribution in [0.15, 0.2) is 54.6 Å². The van der Waals surface area contributed by atoms with Crippen LogP contribution in [0.2, 0.25) is 0 Å².